The van der Waals surface area contributed by atoms with Crippen LogP contribution in [0.2, 0.25) is 0 Å². The van der Waals surface area contributed by atoms with Gasteiger partial charge in [0.15, 0.2) is 0 Å². The monoisotopic (exact) mass is 277 g/mol. The smallest absolute Gasteiger partial charge is 0.137 e. The minimum absolute atomic E-state index is 0.0874. The van der Waals surface area contributed by atoms with E-state index in [0.29, 0.717) is 30.6 Å². The van der Waals surface area contributed by atoms with Gasteiger partial charge in [-0.15, -0.1) is 0 Å². The molecule has 0 N–H and O–H groups in total. The molecule has 110 valence electrons. The first kappa shape index (κ1) is 15.0. The van der Waals surface area contributed by atoms with E-state index in [1.165, 1.54) is 12.1 Å². The fourth-order valence-electron chi connectivity index (χ4n) is 3.08. The summed E-state index contributed by atoms with van der Waals surface area (Å²) in [7, 11) is 1.93. The Bertz CT molecular complexity index is 472. The van der Waals surface area contributed by atoms with Crippen molar-refractivity contribution >= 4 is 11.5 Å². The maximum atomic E-state index is 13.3. The van der Waals surface area contributed by atoms with Crippen molar-refractivity contribution in [1.29, 1.82) is 0 Å². The summed E-state index contributed by atoms with van der Waals surface area (Å²) in [5, 5.41) is 0. The molecule has 2 unspecified atom stereocenters. The number of ketones is 1. The molecule has 0 radical (unpaired) electrons. The second-order valence-corrected chi connectivity index (χ2v) is 6.30. The summed E-state index contributed by atoms with van der Waals surface area (Å²) in [5.41, 5.74) is 0.837. The quantitative estimate of drug-likeness (QED) is 0.832. The Kier molecular flexibility index (Phi) is 4.79. The van der Waals surface area contributed by atoms with Crippen LogP contribution in [0.4, 0.5) is 10.1 Å². The molecule has 0 saturated heterocycles. The average Bonchev–Trinajstić information content (AvgIpc) is 2.41. The molecule has 1 saturated carbocycles. The van der Waals surface area contributed by atoms with Crippen LogP contribution in [-0.4, -0.2) is 19.4 Å². The number of carbonyl (C=O) groups excluding carboxylic acids is 1. The summed E-state index contributed by atoms with van der Waals surface area (Å²) >= 11 is 0. The zero-order valence-corrected chi connectivity index (χ0v) is 12.6. The Balaban J connectivity index is 2.02. The number of halogens is 1. The largest absolute Gasteiger partial charge is 0.374 e. The molecule has 1 aromatic rings. The third-order valence-electron chi connectivity index (χ3n) is 4.49. The minimum Gasteiger partial charge on any atom is -0.374 e. The van der Waals surface area contributed by atoms with Crippen molar-refractivity contribution in [2.75, 3.05) is 18.5 Å². The van der Waals surface area contributed by atoms with Gasteiger partial charge in [0.1, 0.15) is 11.6 Å². The zero-order chi connectivity index (χ0) is 14.7. The molecule has 1 fully saturated rings. The Hall–Kier alpha value is -1.38. The second kappa shape index (κ2) is 6.38. The van der Waals surface area contributed by atoms with Gasteiger partial charge >= 0.3 is 0 Å². The van der Waals surface area contributed by atoms with Crippen molar-refractivity contribution in [3.63, 3.8) is 0 Å². The van der Waals surface area contributed by atoms with E-state index >= 15 is 0 Å². The van der Waals surface area contributed by atoms with Gasteiger partial charge in [0, 0.05) is 31.6 Å². The molecule has 1 aliphatic rings. The Labute approximate surface area is 121 Å². The Morgan fingerprint density at radius 3 is 2.80 bits per heavy atom. The van der Waals surface area contributed by atoms with Gasteiger partial charge in [-0.1, -0.05) is 19.9 Å². The molecule has 0 aliphatic heterocycles. The van der Waals surface area contributed by atoms with E-state index in [-0.39, 0.29) is 11.7 Å². The Morgan fingerprint density at radius 1 is 1.40 bits per heavy atom. The lowest BCUT2D eigenvalue weighted by Gasteiger charge is -2.33. The Morgan fingerprint density at radius 2 is 2.15 bits per heavy atom. The SMILES string of the molecule is CC(C)C1CCC(=O)C(CN(C)c2cccc(F)c2)C1. The van der Waals surface area contributed by atoms with Gasteiger partial charge in [-0.3, -0.25) is 4.79 Å². The van der Waals surface area contributed by atoms with Gasteiger partial charge in [-0.2, -0.15) is 0 Å². The average molecular weight is 277 g/mol. The molecule has 3 heteroatoms. The predicted molar refractivity (Wildman–Crippen MR) is 80.3 cm³/mol. The molecule has 2 nitrogen and oxygen atoms in total. The number of nitrogens with zero attached hydrogens (tertiary/aromatic N) is 1. The number of benzene rings is 1. The zero-order valence-electron chi connectivity index (χ0n) is 12.6. The number of carbonyl (C=O) groups is 1. The number of hydrogen-bond acceptors (Lipinski definition) is 2. The maximum Gasteiger partial charge on any atom is 0.137 e. The highest BCUT2D eigenvalue weighted by Crippen LogP contribution is 2.32. The number of anilines is 1. The predicted octanol–water partition coefficient (Wildman–Crippen LogP) is 3.90. The summed E-state index contributed by atoms with van der Waals surface area (Å²) in [6.07, 6.45) is 2.69. The van der Waals surface area contributed by atoms with E-state index < -0.39 is 0 Å². The highest BCUT2D eigenvalue weighted by molar-refractivity contribution is 5.82. The summed E-state index contributed by atoms with van der Waals surface area (Å²) in [5.74, 6) is 1.49. The van der Waals surface area contributed by atoms with Crippen LogP contribution in [0.5, 0.6) is 0 Å². The molecule has 2 atom stereocenters. The highest BCUT2D eigenvalue weighted by atomic mass is 19.1. The van der Waals surface area contributed by atoms with Crippen LogP contribution in [0.15, 0.2) is 24.3 Å². The van der Waals surface area contributed by atoms with E-state index in [2.05, 4.69) is 13.8 Å². The fourth-order valence-corrected chi connectivity index (χ4v) is 3.08. The van der Waals surface area contributed by atoms with Gasteiger partial charge in [-0.25, -0.2) is 4.39 Å². The van der Waals surface area contributed by atoms with E-state index in [4.69, 9.17) is 0 Å². The van der Waals surface area contributed by atoms with Crippen LogP contribution < -0.4 is 4.90 Å². The third-order valence-corrected chi connectivity index (χ3v) is 4.49. The summed E-state index contributed by atoms with van der Waals surface area (Å²) in [4.78, 5) is 14.1. The van der Waals surface area contributed by atoms with Crippen molar-refractivity contribution in [3.05, 3.63) is 30.1 Å². The van der Waals surface area contributed by atoms with E-state index in [1.807, 2.05) is 18.0 Å². The molecule has 2 rings (SSSR count). The van der Waals surface area contributed by atoms with Crippen LogP contribution in [0.3, 0.4) is 0 Å². The lowest BCUT2D eigenvalue weighted by atomic mass is 9.75. The molecule has 1 aliphatic carbocycles. The molecular formula is C17H24FNO. The van der Waals surface area contributed by atoms with Crippen LogP contribution in [-0.2, 0) is 4.79 Å². The van der Waals surface area contributed by atoms with Crippen LogP contribution in [0.1, 0.15) is 33.1 Å². The normalized spacial score (nSPS) is 23.1. The lowest BCUT2D eigenvalue weighted by molar-refractivity contribution is -0.125. The minimum atomic E-state index is -0.232. The third kappa shape index (κ3) is 3.59. The molecule has 0 aromatic heterocycles. The maximum absolute atomic E-state index is 13.3. The summed E-state index contributed by atoms with van der Waals surface area (Å²) in [6.45, 7) is 5.15. The van der Waals surface area contributed by atoms with Crippen molar-refractivity contribution in [1.82, 2.24) is 0 Å². The van der Waals surface area contributed by atoms with E-state index in [9.17, 15) is 9.18 Å². The van der Waals surface area contributed by atoms with Crippen molar-refractivity contribution in [2.45, 2.75) is 33.1 Å². The molecule has 0 heterocycles. The first-order valence-corrected chi connectivity index (χ1v) is 7.46. The van der Waals surface area contributed by atoms with Gasteiger partial charge in [0.05, 0.1) is 0 Å². The fraction of sp³-hybridized carbons (Fsp3) is 0.588. The lowest BCUT2D eigenvalue weighted by Crippen LogP contribution is -2.36. The first-order chi connectivity index (χ1) is 9.47. The molecule has 0 bridgehead atoms. The summed E-state index contributed by atoms with van der Waals surface area (Å²) < 4.78 is 13.3. The van der Waals surface area contributed by atoms with Gasteiger partial charge in [-0.05, 0) is 42.9 Å². The van der Waals surface area contributed by atoms with Gasteiger partial charge < -0.3 is 4.90 Å². The standard InChI is InChI=1S/C17H24FNO/c1-12(2)13-7-8-17(20)14(9-13)11-19(3)16-6-4-5-15(18)10-16/h4-6,10,12-14H,7-9,11H2,1-3H3. The highest BCUT2D eigenvalue weighted by Gasteiger charge is 2.30. The topological polar surface area (TPSA) is 20.3 Å². The second-order valence-electron chi connectivity index (χ2n) is 6.30. The van der Waals surface area contributed by atoms with Crippen LogP contribution in [0.25, 0.3) is 0 Å². The number of hydrogen-bond donors (Lipinski definition) is 0. The number of Topliss-reactive ketones (excluding diaryl/α,β-unsaturated/α-hetero) is 1. The molecule has 1 aromatic carbocycles. The van der Waals surface area contributed by atoms with Crippen LogP contribution >= 0.6 is 0 Å². The number of rotatable bonds is 4. The van der Waals surface area contributed by atoms with Crippen molar-refractivity contribution in [2.24, 2.45) is 17.8 Å². The molecule has 0 amide bonds. The van der Waals surface area contributed by atoms with Crippen LogP contribution in [0, 0.1) is 23.6 Å². The van der Waals surface area contributed by atoms with Crippen molar-refractivity contribution < 1.29 is 9.18 Å². The van der Waals surface area contributed by atoms with E-state index in [0.717, 1.165) is 18.5 Å². The van der Waals surface area contributed by atoms with Crippen molar-refractivity contribution in [3.8, 4) is 0 Å². The molecular weight excluding hydrogens is 253 g/mol. The summed E-state index contributed by atoms with van der Waals surface area (Å²) in [6, 6.07) is 6.56. The van der Waals surface area contributed by atoms with E-state index in [1.54, 1.807) is 6.07 Å². The molecule has 20 heavy (non-hydrogen) atoms. The van der Waals surface area contributed by atoms with Gasteiger partial charge in [0.2, 0.25) is 0 Å². The molecule has 0 spiro atoms. The van der Waals surface area contributed by atoms with Gasteiger partial charge in [0.25, 0.3) is 0 Å². The first-order valence-electron chi connectivity index (χ1n) is 7.46.